The fourth-order valence-corrected chi connectivity index (χ4v) is 3.17. The van der Waals surface area contributed by atoms with Crippen LogP contribution in [0.2, 0.25) is 0 Å². The average Bonchev–Trinajstić information content (AvgIpc) is 3.27. The maximum Gasteiger partial charge on any atom is 0.260 e. The molecule has 0 atom stereocenters. The predicted molar refractivity (Wildman–Crippen MR) is 100 cm³/mol. The molecular formula is C19H21N3O3S. The molecule has 0 radical (unpaired) electrons. The van der Waals surface area contributed by atoms with Gasteiger partial charge in [-0.2, -0.15) is 4.98 Å². The third kappa shape index (κ3) is 4.11. The Labute approximate surface area is 156 Å². The van der Waals surface area contributed by atoms with Crippen molar-refractivity contribution in [3.8, 4) is 16.5 Å². The molecule has 0 spiro atoms. The Morgan fingerprint density at radius 2 is 2.12 bits per heavy atom. The van der Waals surface area contributed by atoms with Crippen LogP contribution in [0.15, 0.2) is 34.2 Å². The Morgan fingerprint density at radius 3 is 2.85 bits per heavy atom. The Balaban J connectivity index is 1.58. The molecule has 2 heterocycles. The minimum absolute atomic E-state index is 0.0356. The van der Waals surface area contributed by atoms with Gasteiger partial charge in [0.15, 0.2) is 6.61 Å². The quantitative estimate of drug-likeness (QED) is 0.660. The molecule has 7 heteroatoms. The lowest BCUT2D eigenvalue weighted by atomic mass is 10.1. The van der Waals surface area contributed by atoms with E-state index in [4.69, 9.17) is 9.26 Å². The molecule has 0 saturated heterocycles. The number of benzene rings is 1. The number of rotatable bonds is 6. The van der Waals surface area contributed by atoms with Gasteiger partial charge in [-0.1, -0.05) is 17.3 Å². The van der Waals surface area contributed by atoms with Gasteiger partial charge < -0.3 is 14.2 Å². The van der Waals surface area contributed by atoms with Gasteiger partial charge in [-0.25, -0.2) is 0 Å². The first-order chi connectivity index (χ1) is 12.4. The van der Waals surface area contributed by atoms with Gasteiger partial charge in [0, 0.05) is 7.05 Å². The van der Waals surface area contributed by atoms with E-state index in [1.165, 1.54) is 16.2 Å². The number of carbonyl (C=O) groups excluding carboxylic acids is 1. The highest BCUT2D eigenvalue weighted by atomic mass is 32.1. The zero-order valence-corrected chi connectivity index (χ0v) is 16.1. The minimum atomic E-state index is -0.153. The van der Waals surface area contributed by atoms with Gasteiger partial charge in [0.25, 0.3) is 5.91 Å². The summed E-state index contributed by atoms with van der Waals surface area (Å²) in [5.41, 5.74) is 3.30. The minimum Gasteiger partial charge on any atom is -0.483 e. The number of thiophene rings is 1. The van der Waals surface area contributed by atoms with Crippen LogP contribution in [-0.2, 0) is 11.3 Å². The van der Waals surface area contributed by atoms with Crippen LogP contribution in [-0.4, -0.2) is 34.6 Å². The van der Waals surface area contributed by atoms with Crippen LogP contribution >= 0.6 is 11.3 Å². The van der Waals surface area contributed by atoms with E-state index in [0.717, 1.165) is 27.3 Å². The number of aromatic nitrogens is 2. The zero-order valence-electron chi connectivity index (χ0n) is 15.3. The number of ether oxygens (including phenoxy) is 1. The van der Waals surface area contributed by atoms with Crippen LogP contribution in [0.4, 0.5) is 0 Å². The molecule has 136 valence electrons. The fourth-order valence-electron chi connectivity index (χ4n) is 2.52. The molecule has 26 heavy (non-hydrogen) atoms. The normalized spacial score (nSPS) is 10.8. The second-order valence-corrected chi connectivity index (χ2v) is 7.18. The van der Waals surface area contributed by atoms with E-state index >= 15 is 0 Å². The predicted octanol–water partition coefficient (Wildman–Crippen LogP) is 3.76. The number of carbonyl (C=O) groups is 1. The monoisotopic (exact) mass is 371 g/mol. The van der Waals surface area contributed by atoms with Crippen molar-refractivity contribution in [2.45, 2.75) is 27.3 Å². The van der Waals surface area contributed by atoms with Gasteiger partial charge in [0.2, 0.25) is 11.7 Å². The number of hydrogen-bond acceptors (Lipinski definition) is 6. The zero-order chi connectivity index (χ0) is 18.7. The second kappa shape index (κ2) is 7.70. The molecule has 1 amide bonds. The highest BCUT2D eigenvalue weighted by Crippen LogP contribution is 2.24. The van der Waals surface area contributed by atoms with Crippen LogP contribution in [0.5, 0.6) is 5.75 Å². The molecule has 0 bridgehead atoms. The number of aryl methyl sites for hydroxylation is 2. The largest absolute Gasteiger partial charge is 0.483 e. The van der Waals surface area contributed by atoms with Gasteiger partial charge in [-0.3, -0.25) is 4.79 Å². The summed E-state index contributed by atoms with van der Waals surface area (Å²) in [6.45, 7) is 6.24. The van der Waals surface area contributed by atoms with Crippen LogP contribution in [0, 0.1) is 20.8 Å². The molecule has 0 N–H and O–H groups in total. The van der Waals surface area contributed by atoms with E-state index in [-0.39, 0.29) is 19.1 Å². The highest BCUT2D eigenvalue weighted by Gasteiger charge is 2.16. The number of likely N-dealkylation sites (N-methyl/N-ethyl adjacent to an activating group) is 1. The molecule has 3 aromatic rings. The number of amides is 1. The van der Waals surface area contributed by atoms with E-state index in [1.807, 2.05) is 44.4 Å². The molecular weight excluding hydrogens is 350 g/mol. The van der Waals surface area contributed by atoms with Gasteiger partial charge in [0.1, 0.15) is 5.75 Å². The second-order valence-electron chi connectivity index (χ2n) is 6.23. The topological polar surface area (TPSA) is 68.5 Å². The first kappa shape index (κ1) is 18.1. The van der Waals surface area contributed by atoms with Crippen molar-refractivity contribution in [2.75, 3.05) is 13.7 Å². The van der Waals surface area contributed by atoms with Gasteiger partial charge in [0.05, 0.1) is 11.4 Å². The van der Waals surface area contributed by atoms with Crippen LogP contribution in [0.1, 0.15) is 22.6 Å². The first-order valence-electron chi connectivity index (χ1n) is 8.25. The van der Waals surface area contributed by atoms with E-state index in [1.54, 1.807) is 7.05 Å². The molecule has 2 aromatic heterocycles. The number of nitrogens with zero attached hydrogens (tertiary/aromatic N) is 3. The van der Waals surface area contributed by atoms with Crippen molar-refractivity contribution in [3.63, 3.8) is 0 Å². The maximum atomic E-state index is 12.4. The molecule has 0 aliphatic rings. The van der Waals surface area contributed by atoms with Crippen molar-refractivity contribution in [3.05, 3.63) is 52.2 Å². The molecule has 3 rings (SSSR count). The van der Waals surface area contributed by atoms with Crippen molar-refractivity contribution >= 4 is 17.2 Å². The van der Waals surface area contributed by atoms with Crippen molar-refractivity contribution in [1.82, 2.24) is 15.0 Å². The summed E-state index contributed by atoms with van der Waals surface area (Å²) in [6, 6.07) is 7.89. The molecule has 0 aliphatic heterocycles. The van der Waals surface area contributed by atoms with Crippen molar-refractivity contribution < 1.29 is 14.1 Å². The molecule has 0 unspecified atom stereocenters. The molecule has 0 aliphatic carbocycles. The van der Waals surface area contributed by atoms with E-state index < -0.39 is 0 Å². The Kier molecular flexibility index (Phi) is 5.37. The third-order valence-electron chi connectivity index (χ3n) is 4.12. The lowest BCUT2D eigenvalue weighted by molar-refractivity contribution is -0.132. The summed E-state index contributed by atoms with van der Waals surface area (Å²) in [5.74, 6) is 1.52. The van der Waals surface area contributed by atoms with Crippen LogP contribution in [0.25, 0.3) is 10.7 Å². The van der Waals surface area contributed by atoms with Crippen molar-refractivity contribution in [2.24, 2.45) is 0 Å². The maximum absolute atomic E-state index is 12.4. The van der Waals surface area contributed by atoms with E-state index in [9.17, 15) is 4.79 Å². The molecule has 6 nitrogen and oxygen atoms in total. The van der Waals surface area contributed by atoms with Crippen LogP contribution in [0.3, 0.4) is 0 Å². The lowest BCUT2D eigenvalue weighted by Crippen LogP contribution is -2.31. The smallest absolute Gasteiger partial charge is 0.260 e. The van der Waals surface area contributed by atoms with Gasteiger partial charge in [-0.05, 0) is 55.0 Å². The molecule has 0 fully saturated rings. The van der Waals surface area contributed by atoms with Crippen LogP contribution < -0.4 is 4.74 Å². The van der Waals surface area contributed by atoms with Gasteiger partial charge >= 0.3 is 0 Å². The first-order valence-corrected chi connectivity index (χ1v) is 9.13. The van der Waals surface area contributed by atoms with Gasteiger partial charge in [-0.15, -0.1) is 11.3 Å². The summed E-state index contributed by atoms with van der Waals surface area (Å²) in [4.78, 5) is 19.1. The standard InChI is InChI=1S/C19H21N3O3S/c1-12-8-13(2)14(3)15(9-12)24-11-18(23)22(4)10-17-20-19(21-25-17)16-6-5-7-26-16/h5-9H,10-11H2,1-4H3. The summed E-state index contributed by atoms with van der Waals surface area (Å²) >= 11 is 1.54. The SMILES string of the molecule is Cc1cc(C)c(C)c(OCC(=O)N(C)Cc2nc(-c3cccs3)no2)c1. The summed E-state index contributed by atoms with van der Waals surface area (Å²) in [5, 5.41) is 5.90. The summed E-state index contributed by atoms with van der Waals surface area (Å²) in [6.07, 6.45) is 0. The molecule has 0 saturated carbocycles. The third-order valence-corrected chi connectivity index (χ3v) is 4.99. The Morgan fingerprint density at radius 1 is 1.31 bits per heavy atom. The van der Waals surface area contributed by atoms with E-state index in [0.29, 0.717) is 11.7 Å². The summed E-state index contributed by atoms with van der Waals surface area (Å²) < 4.78 is 11.0. The summed E-state index contributed by atoms with van der Waals surface area (Å²) in [7, 11) is 1.69. The average molecular weight is 371 g/mol. The highest BCUT2D eigenvalue weighted by molar-refractivity contribution is 7.13. The Bertz CT molecular complexity index is 903. The fraction of sp³-hybridized carbons (Fsp3) is 0.316. The lowest BCUT2D eigenvalue weighted by Gasteiger charge is -2.17. The van der Waals surface area contributed by atoms with Crippen molar-refractivity contribution in [1.29, 1.82) is 0 Å². The number of hydrogen-bond donors (Lipinski definition) is 0. The molecule has 1 aromatic carbocycles. The van der Waals surface area contributed by atoms with E-state index in [2.05, 4.69) is 16.2 Å². The Hall–Kier alpha value is -2.67.